The van der Waals surface area contributed by atoms with Gasteiger partial charge in [-0.3, -0.25) is 4.79 Å². The maximum Gasteiger partial charge on any atom is 0.256 e. The number of anilines is 1. The highest BCUT2D eigenvalue weighted by Gasteiger charge is 2.35. The lowest BCUT2D eigenvalue weighted by Gasteiger charge is -2.27. The van der Waals surface area contributed by atoms with Crippen LogP contribution in [0.5, 0.6) is 0 Å². The number of carbonyl (C=O) groups excluding carboxylic acids is 1. The van der Waals surface area contributed by atoms with Gasteiger partial charge in [0.15, 0.2) is 6.23 Å². The zero-order valence-corrected chi connectivity index (χ0v) is 13.2. The van der Waals surface area contributed by atoms with Crippen LogP contribution >= 0.6 is 0 Å². The topological polar surface area (TPSA) is 81.6 Å². The van der Waals surface area contributed by atoms with Gasteiger partial charge in [-0.25, -0.2) is 9.97 Å². The van der Waals surface area contributed by atoms with E-state index >= 15 is 0 Å². The molecule has 3 heterocycles. The lowest BCUT2D eigenvalue weighted by atomic mass is 10.1. The number of benzene rings is 1. The summed E-state index contributed by atoms with van der Waals surface area (Å²) in [5, 5.41) is 13.7. The van der Waals surface area contributed by atoms with Crippen molar-refractivity contribution in [2.75, 3.05) is 31.1 Å². The van der Waals surface area contributed by atoms with Gasteiger partial charge in [-0.1, -0.05) is 18.2 Å². The zero-order chi connectivity index (χ0) is 16.5. The fourth-order valence-corrected chi connectivity index (χ4v) is 3.16. The summed E-state index contributed by atoms with van der Waals surface area (Å²) in [6.07, 6.45) is 2.54. The molecular weight excluding hydrogens is 306 g/mol. The molecule has 1 amide bonds. The van der Waals surface area contributed by atoms with E-state index in [9.17, 15) is 9.90 Å². The highest BCUT2D eigenvalue weighted by Crippen LogP contribution is 2.32. The fraction of sp³-hybridized carbons (Fsp3) is 0.353. The second kappa shape index (κ2) is 6.18. The van der Waals surface area contributed by atoms with Crippen LogP contribution < -0.4 is 10.2 Å². The number of rotatable bonds is 3. The first-order chi connectivity index (χ1) is 11.7. The van der Waals surface area contributed by atoms with E-state index in [0.29, 0.717) is 17.1 Å². The molecule has 1 saturated heterocycles. The molecule has 2 aliphatic rings. The Morgan fingerprint density at radius 1 is 1.17 bits per heavy atom. The molecule has 2 aliphatic heterocycles. The summed E-state index contributed by atoms with van der Waals surface area (Å²) in [7, 11) is 0. The number of aliphatic hydroxyl groups is 1. The van der Waals surface area contributed by atoms with Crippen LogP contribution in [-0.4, -0.2) is 52.1 Å². The first kappa shape index (κ1) is 15.0. The fourth-order valence-electron chi connectivity index (χ4n) is 3.16. The maximum absolute atomic E-state index is 12.4. The number of hydrogen-bond acceptors (Lipinski definition) is 6. The predicted molar refractivity (Wildman–Crippen MR) is 88.4 cm³/mol. The molecule has 1 atom stereocenters. The molecule has 2 aromatic rings. The highest BCUT2D eigenvalue weighted by atomic mass is 16.3. The lowest BCUT2D eigenvalue weighted by Crippen LogP contribution is -2.44. The third-order valence-electron chi connectivity index (χ3n) is 4.47. The van der Waals surface area contributed by atoms with Crippen molar-refractivity contribution in [3.05, 3.63) is 53.3 Å². The van der Waals surface area contributed by atoms with Gasteiger partial charge in [0.05, 0.1) is 6.54 Å². The predicted octanol–water partition coefficient (Wildman–Crippen LogP) is 0.533. The first-order valence-electron chi connectivity index (χ1n) is 8.08. The Morgan fingerprint density at radius 3 is 2.58 bits per heavy atom. The number of piperazine rings is 1. The molecule has 24 heavy (non-hydrogen) atoms. The van der Waals surface area contributed by atoms with Crippen molar-refractivity contribution in [1.29, 1.82) is 0 Å². The molecule has 0 aliphatic carbocycles. The third kappa shape index (κ3) is 2.61. The van der Waals surface area contributed by atoms with Crippen LogP contribution in [0.1, 0.15) is 27.7 Å². The summed E-state index contributed by atoms with van der Waals surface area (Å²) < 4.78 is 0. The van der Waals surface area contributed by atoms with E-state index in [1.165, 1.54) is 4.90 Å². The lowest BCUT2D eigenvalue weighted by molar-refractivity contribution is 0.0137. The monoisotopic (exact) mass is 325 g/mol. The van der Waals surface area contributed by atoms with Gasteiger partial charge in [0.25, 0.3) is 5.91 Å². The second-order valence-electron chi connectivity index (χ2n) is 6.02. The summed E-state index contributed by atoms with van der Waals surface area (Å²) in [6, 6.07) is 7.15. The van der Waals surface area contributed by atoms with Crippen LogP contribution in [0.2, 0.25) is 0 Å². The number of nitrogens with one attached hydrogen (secondary N) is 1. The van der Waals surface area contributed by atoms with Crippen molar-refractivity contribution in [1.82, 2.24) is 20.2 Å². The molecule has 1 fully saturated rings. The Bertz CT molecular complexity index is 743. The Morgan fingerprint density at radius 2 is 1.88 bits per heavy atom. The summed E-state index contributed by atoms with van der Waals surface area (Å²) >= 11 is 0. The van der Waals surface area contributed by atoms with Crippen molar-refractivity contribution >= 4 is 11.9 Å². The SMILES string of the molecule is O=C1c2ccccc2C(O)N1Cc1cnc(N2CCNCC2)nc1. The Kier molecular flexibility index (Phi) is 3.87. The number of nitrogens with zero attached hydrogens (tertiary/aromatic N) is 4. The van der Waals surface area contributed by atoms with Crippen LogP contribution in [0.3, 0.4) is 0 Å². The molecule has 0 bridgehead atoms. The molecule has 4 rings (SSSR count). The number of fused-ring (bicyclic) bond motifs is 1. The maximum atomic E-state index is 12.4. The number of aliphatic hydroxyl groups excluding tert-OH is 1. The van der Waals surface area contributed by atoms with E-state index in [4.69, 9.17) is 0 Å². The zero-order valence-electron chi connectivity index (χ0n) is 13.2. The molecule has 1 aromatic heterocycles. The summed E-state index contributed by atoms with van der Waals surface area (Å²) in [4.78, 5) is 24.8. The average Bonchev–Trinajstić information content (AvgIpc) is 2.88. The van der Waals surface area contributed by atoms with Crippen molar-refractivity contribution < 1.29 is 9.90 Å². The molecule has 0 radical (unpaired) electrons. The molecule has 1 unspecified atom stereocenters. The number of amides is 1. The summed E-state index contributed by atoms with van der Waals surface area (Å²) in [6.45, 7) is 3.92. The molecule has 0 spiro atoms. The smallest absolute Gasteiger partial charge is 0.256 e. The van der Waals surface area contributed by atoms with E-state index < -0.39 is 6.23 Å². The van der Waals surface area contributed by atoms with Gasteiger partial charge in [-0.2, -0.15) is 0 Å². The highest BCUT2D eigenvalue weighted by molar-refractivity contribution is 5.98. The minimum Gasteiger partial charge on any atom is -0.369 e. The normalized spacial score (nSPS) is 20.4. The van der Waals surface area contributed by atoms with Crippen molar-refractivity contribution in [3.8, 4) is 0 Å². The average molecular weight is 325 g/mol. The molecule has 1 aromatic carbocycles. The number of hydrogen-bond donors (Lipinski definition) is 2. The molecule has 7 nitrogen and oxygen atoms in total. The quantitative estimate of drug-likeness (QED) is 0.857. The summed E-state index contributed by atoms with van der Waals surface area (Å²) in [5.74, 6) is 0.543. The van der Waals surface area contributed by atoms with E-state index in [0.717, 1.165) is 31.7 Å². The minimum atomic E-state index is -0.915. The van der Waals surface area contributed by atoms with E-state index in [2.05, 4.69) is 20.2 Å². The van der Waals surface area contributed by atoms with Gasteiger partial charge in [-0.05, 0) is 6.07 Å². The minimum absolute atomic E-state index is 0.163. The molecule has 7 heteroatoms. The van der Waals surface area contributed by atoms with Gasteiger partial charge in [0, 0.05) is 55.3 Å². The van der Waals surface area contributed by atoms with Crippen molar-refractivity contribution in [2.24, 2.45) is 0 Å². The number of carbonyl (C=O) groups is 1. The summed E-state index contributed by atoms with van der Waals surface area (Å²) in [5.41, 5.74) is 2.01. The van der Waals surface area contributed by atoms with Crippen molar-refractivity contribution in [2.45, 2.75) is 12.8 Å². The van der Waals surface area contributed by atoms with Crippen LogP contribution in [-0.2, 0) is 6.54 Å². The molecule has 124 valence electrons. The van der Waals surface area contributed by atoms with Crippen molar-refractivity contribution in [3.63, 3.8) is 0 Å². The molecule has 2 N–H and O–H groups in total. The largest absolute Gasteiger partial charge is 0.369 e. The van der Waals surface area contributed by atoms with Gasteiger partial charge in [-0.15, -0.1) is 0 Å². The van der Waals surface area contributed by atoms with E-state index in [-0.39, 0.29) is 12.5 Å². The number of aromatic nitrogens is 2. The van der Waals surface area contributed by atoms with Gasteiger partial charge in [0.2, 0.25) is 5.95 Å². The molecule has 0 saturated carbocycles. The van der Waals surface area contributed by atoms with Crippen LogP contribution in [0.4, 0.5) is 5.95 Å². The third-order valence-corrected chi connectivity index (χ3v) is 4.47. The van der Waals surface area contributed by atoms with Crippen LogP contribution in [0.25, 0.3) is 0 Å². The van der Waals surface area contributed by atoms with Crippen LogP contribution in [0.15, 0.2) is 36.7 Å². The Hall–Kier alpha value is -2.51. The molecular formula is C17H19N5O2. The standard InChI is InChI=1S/C17H19N5O2/c23-15-13-3-1-2-4-14(13)16(24)22(15)11-12-9-19-17(20-10-12)21-7-5-18-6-8-21/h1-4,9-10,15,18,23H,5-8,11H2. The van der Waals surface area contributed by atoms with E-state index in [1.54, 1.807) is 30.6 Å². The van der Waals surface area contributed by atoms with E-state index in [1.807, 2.05) is 6.07 Å². The van der Waals surface area contributed by atoms with Gasteiger partial charge >= 0.3 is 0 Å². The first-order valence-corrected chi connectivity index (χ1v) is 8.08. The Balaban J connectivity index is 1.49. The van der Waals surface area contributed by atoms with Crippen LogP contribution in [0, 0.1) is 0 Å². The van der Waals surface area contributed by atoms with Gasteiger partial charge in [0.1, 0.15) is 0 Å². The Labute approximate surface area is 139 Å². The van der Waals surface area contributed by atoms with Gasteiger partial charge < -0.3 is 20.2 Å². The second-order valence-corrected chi connectivity index (χ2v) is 6.02.